The standard InChI is InChI=1S/C24H25FN2O3/c1-2-14-26(24(29)20-7-4-3-5-8-20)18-23(28)27(17-22-9-6-15-30-22)16-19-10-12-21(25)13-11-19/h3-13,15H,2,14,16-18H2,1H3. The summed E-state index contributed by atoms with van der Waals surface area (Å²) in [7, 11) is 0. The van der Waals surface area contributed by atoms with Crippen molar-refractivity contribution < 1.29 is 18.4 Å². The molecule has 3 rings (SSSR count). The first-order valence-electron chi connectivity index (χ1n) is 9.95. The van der Waals surface area contributed by atoms with E-state index in [9.17, 15) is 14.0 Å². The van der Waals surface area contributed by atoms with Crippen LogP contribution >= 0.6 is 0 Å². The molecule has 0 saturated heterocycles. The van der Waals surface area contributed by atoms with E-state index in [0.29, 0.717) is 24.4 Å². The zero-order chi connectivity index (χ0) is 21.3. The average Bonchev–Trinajstić information content (AvgIpc) is 3.28. The summed E-state index contributed by atoms with van der Waals surface area (Å²) in [4.78, 5) is 29.3. The zero-order valence-corrected chi connectivity index (χ0v) is 17.0. The van der Waals surface area contributed by atoms with Gasteiger partial charge in [0.15, 0.2) is 0 Å². The summed E-state index contributed by atoms with van der Waals surface area (Å²) in [6.45, 7) is 2.96. The number of hydrogen-bond donors (Lipinski definition) is 0. The molecular formula is C24H25FN2O3. The first kappa shape index (κ1) is 21.3. The van der Waals surface area contributed by atoms with Crippen LogP contribution in [0.2, 0.25) is 0 Å². The van der Waals surface area contributed by atoms with Gasteiger partial charge in [0, 0.05) is 18.7 Å². The van der Waals surface area contributed by atoms with E-state index < -0.39 is 0 Å². The van der Waals surface area contributed by atoms with Crippen molar-refractivity contribution in [2.45, 2.75) is 26.4 Å². The summed E-state index contributed by atoms with van der Waals surface area (Å²) in [5.74, 6) is -0.0638. The minimum Gasteiger partial charge on any atom is -0.467 e. The van der Waals surface area contributed by atoms with E-state index in [1.54, 1.807) is 64.6 Å². The van der Waals surface area contributed by atoms with Crippen molar-refractivity contribution in [3.63, 3.8) is 0 Å². The number of hydrogen-bond acceptors (Lipinski definition) is 3. The van der Waals surface area contributed by atoms with E-state index in [4.69, 9.17) is 4.42 Å². The van der Waals surface area contributed by atoms with Crippen molar-refractivity contribution in [1.29, 1.82) is 0 Å². The molecule has 0 atom stereocenters. The molecule has 5 nitrogen and oxygen atoms in total. The molecule has 2 aromatic carbocycles. The quantitative estimate of drug-likeness (QED) is 0.524. The Morgan fingerprint density at radius 1 is 0.900 bits per heavy atom. The molecule has 1 heterocycles. The first-order chi connectivity index (χ1) is 14.6. The fraction of sp³-hybridized carbons (Fsp3) is 0.250. The van der Waals surface area contributed by atoms with E-state index in [1.165, 1.54) is 12.1 Å². The maximum absolute atomic E-state index is 13.3. The second-order valence-corrected chi connectivity index (χ2v) is 7.05. The van der Waals surface area contributed by atoms with Gasteiger partial charge in [-0.05, 0) is 48.4 Å². The van der Waals surface area contributed by atoms with Crippen LogP contribution in [0.3, 0.4) is 0 Å². The average molecular weight is 408 g/mol. The molecule has 0 saturated carbocycles. The molecule has 0 aliphatic carbocycles. The molecule has 1 aromatic heterocycles. The molecule has 0 bridgehead atoms. The van der Waals surface area contributed by atoms with Crippen LogP contribution in [0.25, 0.3) is 0 Å². The van der Waals surface area contributed by atoms with Gasteiger partial charge in [-0.25, -0.2) is 4.39 Å². The lowest BCUT2D eigenvalue weighted by Crippen LogP contribution is -2.42. The van der Waals surface area contributed by atoms with Gasteiger partial charge in [-0.2, -0.15) is 0 Å². The van der Waals surface area contributed by atoms with E-state index >= 15 is 0 Å². The Hall–Kier alpha value is -3.41. The molecule has 30 heavy (non-hydrogen) atoms. The first-order valence-corrected chi connectivity index (χ1v) is 9.95. The van der Waals surface area contributed by atoms with Crippen molar-refractivity contribution in [2.75, 3.05) is 13.1 Å². The highest BCUT2D eigenvalue weighted by atomic mass is 19.1. The smallest absolute Gasteiger partial charge is 0.254 e. The Morgan fingerprint density at radius 2 is 1.63 bits per heavy atom. The summed E-state index contributed by atoms with van der Waals surface area (Å²) in [6.07, 6.45) is 2.29. The van der Waals surface area contributed by atoms with E-state index in [-0.39, 0.29) is 30.7 Å². The van der Waals surface area contributed by atoms with Crippen LogP contribution in [-0.2, 0) is 17.9 Å². The minimum absolute atomic E-state index is 0.0382. The molecule has 2 amide bonds. The van der Waals surface area contributed by atoms with Crippen LogP contribution in [0.5, 0.6) is 0 Å². The third-order valence-corrected chi connectivity index (χ3v) is 4.69. The van der Waals surface area contributed by atoms with Crippen LogP contribution in [0.15, 0.2) is 77.4 Å². The van der Waals surface area contributed by atoms with Crippen molar-refractivity contribution in [3.8, 4) is 0 Å². The zero-order valence-electron chi connectivity index (χ0n) is 17.0. The Labute approximate surface area is 175 Å². The maximum Gasteiger partial charge on any atom is 0.254 e. The number of benzene rings is 2. The van der Waals surface area contributed by atoms with Crippen LogP contribution in [-0.4, -0.2) is 34.7 Å². The van der Waals surface area contributed by atoms with Crippen LogP contribution < -0.4 is 0 Å². The lowest BCUT2D eigenvalue weighted by atomic mass is 10.2. The summed E-state index contributed by atoms with van der Waals surface area (Å²) >= 11 is 0. The lowest BCUT2D eigenvalue weighted by molar-refractivity contribution is -0.133. The van der Waals surface area contributed by atoms with Gasteiger partial charge in [0.05, 0.1) is 12.8 Å². The molecule has 0 N–H and O–H groups in total. The Kier molecular flexibility index (Phi) is 7.38. The number of carbonyl (C=O) groups excluding carboxylic acids is 2. The Bertz CT molecular complexity index is 940. The number of carbonyl (C=O) groups is 2. The van der Waals surface area contributed by atoms with Gasteiger partial charge in [0.25, 0.3) is 5.91 Å². The Balaban J connectivity index is 1.77. The monoisotopic (exact) mass is 408 g/mol. The fourth-order valence-corrected chi connectivity index (χ4v) is 3.18. The summed E-state index contributed by atoms with van der Waals surface area (Å²) in [5, 5.41) is 0. The van der Waals surface area contributed by atoms with Crippen LogP contribution in [0, 0.1) is 5.82 Å². The number of furan rings is 1. The van der Waals surface area contributed by atoms with Gasteiger partial charge >= 0.3 is 0 Å². The molecule has 0 fully saturated rings. The predicted molar refractivity (Wildman–Crippen MR) is 112 cm³/mol. The minimum atomic E-state index is -0.328. The van der Waals surface area contributed by atoms with Crippen molar-refractivity contribution in [1.82, 2.24) is 9.80 Å². The van der Waals surface area contributed by atoms with E-state index in [0.717, 1.165) is 12.0 Å². The molecule has 0 unspecified atom stereocenters. The molecule has 0 radical (unpaired) electrons. The Morgan fingerprint density at radius 3 is 2.27 bits per heavy atom. The van der Waals surface area contributed by atoms with Gasteiger partial charge in [-0.15, -0.1) is 0 Å². The van der Waals surface area contributed by atoms with Crippen molar-refractivity contribution in [2.24, 2.45) is 0 Å². The summed E-state index contributed by atoms with van der Waals surface area (Å²) < 4.78 is 18.7. The van der Waals surface area contributed by atoms with E-state index in [1.807, 2.05) is 13.0 Å². The van der Waals surface area contributed by atoms with Crippen LogP contribution in [0.1, 0.15) is 35.0 Å². The molecule has 156 valence electrons. The van der Waals surface area contributed by atoms with E-state index in [2.05, 4.69) is 0 Å². The number of halogens is 1. The second-order valence-electron chi connectivity index (χ2n) is 7.05. The molecule has 6 heteroatoms. The highest BCUT2D eigenvalue weighted by Crippen LogP contribution is 2.14. The topological polar surface area (TPSA) is 53.8 Å². The van der Waals surface area contributed by atoms with Gasteiger partial charge in [0.2, 0.25) is 5.91 Å². The van der Waals surface area contributed by atoms with Gasteiger partial charge in [-0.1, -0.05) is 37.3 Å². The molecular weight excluding hydrogens is 383 g/mol. The second kappa shape index (κ2) is 10.4. The number of amides is 2. The van der Waals surface area contributed by atoms with Gasteiger partial charge in [-0.3, -0.25) is 9.59 Å². The summed E-state index contributed by atoms with van der Waals surface area (Å²) in [5.41, 5.74) is 1.35. The largest absolute Gasteiger partial charge is 0.467 e. The third kappa shape index (κ3) is 5.80. The molecule has 0 spiro atoms. The molecule has 0 aliphatic heterocycles. The third-order valence-electron chi connectivity index (χ3n) is 4.69. The van der Waals surface area contributed by atoms with Gasteiger partial charge in [0.1, 0.15) is 18.1 Å². The van der Waals surface area contributed by atoms with Crippen LogP contribution in [0.4, 0.5) is 4.39 Å². The highest BCUT2D eigenvalue weighted by molar-refractivity contribution is 5.96. The lowest BCUT2D eigenvalue weighted by Gasteiger charge is -2.27. The molecule has 3 aromatic rings. The van der Waals surface area contributed by atoms with Crippen molar-refractivity contribution >= 4 is 11.8 Å². The fourth-order valence-electron chi connectivity index (χ4n) is 3.18. The van der Waals surface area contributed by atoms with Gasteiger partial charge < -0.3 is 14.2 Å². The molecule has 0 aliphatic rings. The SMILES string of the molecule is CCCN(CC(=O)N(Cc1ccc(F)cc1)Cc1ccco1)C(=O)c1ccccc1. The predicted octanol–water partition coefficient (Wildman–Crippen LogP) is 4.50. The maximum atomic E-state index is 13.3. The van der Waals surface area contributed by atoms with Crippen molar-refractivity contribution in [3.05, 3.63) is 95.7 Å². The normalized spacial score (nSPS) is 10.6. The number of nitrogens with zero attached hydrogens (tertiary/aromatic N) is 2. The summed E-state index contributed by atoms with van der Waals surface area (Å²) in [6, 6.07) is 18.5. The number of rotatable bonds is 9. The highest BCUT2D eigenvalue weighted by Gasteiger charge is 2.23.